The molecule has 0 unspecified atom stereocenters. The van der Waals surface area contributed by atoms with Crippen LogP contribution < -0.4 is 4.74 Å². The molecule has 0 radical (unpaired) electrons. The van der Waals surface area contributed by atoms with Crippen LogP contribution in [-0.2, 0) is 0 Å². The molecule has 1 rings (SSSR count). The van der Waals surface area contributed by atoms with Crippen molar-refractivity contribution < 1.29 is 19.4 Å². The fourth-order valence-electron chi connectivity index (χ4n) is 1.04. The number of oxime groups is 1. The Morgan fingerprint density at radius 1 is 1.50 bits per heavy atom. The van der Waals surface area contributed by atoms with Gasteiger partial charge in [0.05, 0.1) is 12.8 Å². The Balaban J connectivity index is 3.31. The van der Waals surface area contributed by atoms with Crippen molar-refractivity contribution >= 4 is 5.71 Å². The Morgan fingerprint density at radius 3 is 2.64 bits per heavy atom. The summed E-state index contributed by atoms with van der Waals surface area (Å²) in [6, 6.07) is 2.17. The molecule has 0 aliphatic carbocycles. The van der Waals surface area contributed by atoms with Crippen LogP contribution >= 0.6 is 0 Å². The van der Waals surface area contributed by atoms with Crippen LogP contribution in [0.15, 0.2) is 17.3 Å². The third-order valence-electron chi connectivity index (χ3n) is 1.81. The van der Waals surface area contributed by atoms with Gasteiger partial charge in [-0.1, -0.05) is 5.16 Å². The number of benzene rings is 1. The average Bonchev–Trinajstić information content (AvgIpc) is 2.17. The van der Waals surface area contributed by atoms with Crippen LogP contribution in [-0.4, -0.2) is 23.1 Å². The van der Waals surface area contributed by atoms with E-state index >= 15 is 0 Å². The topological polar surface area (TPSA) is 62.0 Å². The van der Waals surface area contributed by atoms with Crippen molar-refractivity contribution in [2.24, 2.45) is 5.16 Å². The van der Waals surface area contributed by atoms with E-state index < -0.39 is 5.82 Å². The van der Waals surface area contributed by atoms with Crippen LogP contribution in [0.4, 0.5) is 4.39 Å². The van der Waals surface area contributed by atoms with Gasteiger partial charge in [-0.2, -0.15) is 0 Å². The van der Waals surface area contributed by atoms with Crippen LogP contribution in [0.1, 0.15) is 12.5 Å². The Hall–Kier alpha value is -1.78. The summed E-state index contributed by atoms with van der Waals surface area (Å²) in [7, 11) is 1.31. The maximum Gasteiger partial charge on any atom is 0.168 e. The Morgan fingerprint density at radius 2 is 2.14 bits per heavy atom. The molecule has 0 spiro atoms. The molecule has 0 saturated carbocycles. The van der Waals surface area contributed by atoms with Crippen molar-refractivity contribution in [3.63, 3.8) is 0 Å². The highest BCUT2D eigenvalue weighted by Crippen LogP contribution is 2.27. The monoisotopic (exact) mass is 199 g/mol. The largest absolute Gasteiger partial charge is 0.507 e. The number of phenolic OH excluding ortho intramolecular Hbond substituents is 1. The van der Waals surface area contributed by atoms with Gasteiger partial charge < -0.3 is 15.1 Å². The molecule has 0 saturated heterocycles. The number of rotatable bonds is 2. The van der Waals surface area contributed by atoms with E-state index in [0.29, 0.717) is 0 Å². The molecule has 0 amide bonds. The molecule has 1 aromatic rings. The molecule has 0 fully saturated rings. The summed E-state index contributed by atoms with van der Waals surface area (Å²) < 4.78 is 17.7. The van der Waals surface area contributed by atoms with E-state index in [-0.39, 0.29) is 22.8 Å². The summed E-state index contributed by atoms with van der Waals surface area (Å²) in [5.41, 5.74) is 0.409. The lowest BCUT2D eigenvalue weighted by atomic mass is 10.1. The molecule has 0 bridgehead atoms. The maximum absolute atomic E-state index is 13.0. The Kier molecular flexibility index (Phi) is 2.91. The van der Waals surface area contributed by atoms with Gasteiger partial charge in [-0.05, 0) is 13.0 Å². The van der Waals surface area contributed by atoms with E-state index in [1.165, 1.54) is 20.1 Å². The molecule has 0 aromatic heterocycles. The summed E-state index contributed by atoms with van der Waals surface area (Å²) in [6.45, 7) is 1.48. The van der Waals surface area contributed by atoms with Gasteiger partial charge in [0.15, 0.2) is 11.6 Å². The van der Waals surface area contributed by atoms with E-state index in [9.17, 15) is 9.50 Å². The highest BCUT2D eigenvalue weighted by atomic mass is 19.1. The molecule has 0 aliphatic heterocycles. The number of ether oxygens (including phenoxy) is 1. The smallest absolute Gasteiger partial charge is 0.168 e. The van der Waals surface area contributed by atoms with E-state index in [1.807, 2.05) is 0 Å². The summed E-state index contributed by atoms with van der Waals surface area (Å²) in [5.74, 6) is -0.973. The number of hydrogen-bond donors (Lipinski definition) is 2. The second-order valence-corrected chi connectivity index (χ2v) is 2.69. The molecule has 1 aromatic carbocycles. The van der Waals surface area contributed by atoms with Crippen LogP contribution in [0.5, 0.6) is 11.5 Å². The van der Waals surface area contributed by atoms with Crippen molar-refractivity contribution in [1.82, 2.24) is 0 Å². The highest BCUT2D eigenvalue weighted by molar-refractivity contribution is 6.00. The van der Waals surface area contributed by atoms with Crippen LogP contribution in [0.25, 0.3) is 0 Å². The SMILES string of the molecule is COc1cc(C(C)=NO)c(O)cc1F. The zero-order chi connectivity index (χ0) is 10.7. The third-order valence-corrected chi connectivity index (χ3v) is 1.81. The highest BCUT2D eigenvalue weighted by Gasteiger charge is 2.11. The predicted octanol–water partition coefficient (Wildman–Crippen LogP) is 1.74. The molecular weight excluding hydrogens is 189 g/mol. The summed E-state index contributed by atoms with van der Waals surface area (Å²) in [4.78, 5) is 0. The van der Waals surface area contributed by atoms with Crippen LogP contribution in [0, 0.1) is 5.82 Å². The number of halogens is 1. The number of hydrogen-bond acceptors (Lipinski definition) is 4. The van der Waals surface area contributed by atoms with Crippen molar-refractivity contribution in [2.45, 2.75) is 6.92 Å². The number of nitrogens with zero attached hydrogens (tertiary/aromatic N) is 1. The van der Waals surface area contributed by atoms with Crippen LogP contribution in [0.3, 0.4) is 0 Å². The summed E-state index contributed by atoms with van der Waals surface area (Å²) >= 11 is 0. The van der Waals surface area contributed by atoms with E-state index in [1.54, 1.807) is 0 Å². The number of aromatic hydroxyl groups is 1. The second-order valence-electron chi connectivity index (χ2n) is 2.69. The average molecular weight is 199 g/mol. The summed E-state index contributed by atoms with van der Waals surface area (Å²) in [5, 5.41) is 20.7. The van der Waals surface area contributed by atoms with E-state index in [2.05, 4.69) is 5.16 Å². The minimum atomic E-state index is -0.667. The minimum absolute atomic E-state index is 0.0131. The van der Waals surface area contributed by atoms with Crippen molar-refractivity contribution in [3.8, 4) is 11.5 Å². The first-order valence-corrected chi connectivity index (χ1v) is 3.85. The van der Waals surface area contributed by atoms with Gasteiger partial charge in [-0.3, -0.25) is 0 Å². The third kappa shape index (κ3) is 1.76. The zero-order valence-electron chi connectivity index (χ0n) is 7.78. The molecule has 0 heterocycles. The molecule has 0 atom stereocenters. The van der Waals surface area contributed by atoms with E-state index in [0.717, 1.165) is 6.07 Å². The standard InChI is InChI=1S/C9H10FNO3/c1-5(11-13)6-3-9(14-2)7(10)4-8(6)12/h3-4,12-13H,1-2H3. The second kappa shape index (κ2) is 3.95. The fraction of sp³-hybridized carbons (Fsp3) is 0.222. The molecule has 76 valence electrons. The maximum atomic E-state index is 13.0. The Bertz CT molecular complexity index is 377. The normalized spacial score (nSPS) is 11.5. The summed E-state index contributed by atoms with van der Waals surface area (Å²) in [6.07, 6.45) is 0. The lowest BCUT2D eigenvalue weighted by Gasteiger charge is -2.06. The number of phenols is 1. The predicted molar refractivity (Wildman–Crippen MR) is 48.6 cm³/mol. The van der Waals surface area contributed by atoms with Gasteiger partial charge in [0.1, 0.15) is 5.75 Å². The van der Waals surface area contributed by atoms with Crippen molar-refractivity contribution in [2.75, 3.05) is 7.11 Å². The van der Waals surface area contributed by atoms with Gasteiger partial charge in [0, 0.05) is 11.6 Å². The van der Waals surface area contributed by atoms with Gasteiger partial charge >= 0.3 is 0 Å². The lowest BCUT2D eigenvalue weighted by molar-refractivity contribution is 0.318. The molecule has 2 N–H and O–H groups in total. The minimum Gasteiger partial charge on any atom is -0.507 e. The van der Waals surface area contributed by atoms with Crippen molar-refractivity contribution in [1.29, 1.82) is 0 Å². The van der Waals surface area contributed by atoms with Gasteiger partial charge in [-0.25, -0.2) is 4.39 Å². The van der Waals surface area contributed by atoms with E-state index in [4.69, 9.17) is 9.94 Å². The molecule has 0 aliphatic rings. The molecule has 5 heteroatoms. The van der Waals surface area contributed by atoms with Crippen molar-refractivity contribution in [3.05, 3.63) is 23.5 Å². The molecular formula is C9H10FNO3. The fourth-order valence-corrected chi connectivity index (χ4v) is 1.04. The van der Waals surface area contributed by atoms with Crippen LogP contribution in [0.2, 0.25) is 0 Å². The lowest BCUT2D eigenvalue weighted by Crippen LogP contribution is -1.98. The Labute approximate surface area is 80.2 Å². The van der Waals surface area contributed by atoms with Gasteiger partial charge in [-0.15, -0.1) is 0 Å². The van der Waals surface area contributed by atoms with Gasteiger partial charge in [0.2, 0.25) is 0 Å². The quantitative estimate of drug-likeness (QED) is 0.433. The molecule has 4 nitrogen and oxygen atoms in total. The van der Waals surface area contributed by atoms with Gasteiger partial charge in [0.25, 0.3) is 0 Å². The number of methoxy groups -OCH3 is 1. The zero-order valence-corrected chi connectivity index (χ0v) is 7.78. The molecule has 14 heavy (non-hydrogen) atoms. The first kappa shape index (κ1) is 10.3. The first-order chi connectivity index (χ1) is 6.60. The first-order valence-electron chi connectivity index (χ1n) is 3.85.